The molecule has 2 bridgehead atoms. The molecule has 3 fully saturated rings. The smallest absolute Gasteiger partial charge is 0.169 e. The molecule has 90 valence electrons. The van der Waals surface area contributed by atoms with Gasteiger partial charge < -0.3 is 0 Å². The van der Waals surface area contributed by atoms with Crippen LogP contribution < -0.4 is 0 Å². The van der Waals surface area contributed by atoms with Crippen LogP contribution in [-0.4, -0.2) is 15.6 Å². The van der Waals surface area contributed by atoms with E-state index in [0.717, 1.165) is 35.8 Å². The van der Waals surface area contributed by atoms with Gasteiger partial charge in [0.2, 0.25) is 0 Å². The molecule has 17 heavy (non-hydrogen) atoms. The molecule has 0 N–H and O–H groups in total. The molecule has 3 aliphatic rings. The SMILES string of the molecule is CCn1cc(C(=O)C2C3C4CCC(C4)C23)cn1. The molecule has 4 atom stereocenters. The van der Waals surface area contributed by atoms with Gasteiger partial charge in [-0.25, -0.2) is 0 Å². The number of hydrogen-bond acceptors (Lipinski definition) is 2. The summed E-state index contributed by atoms with van der Waals surface area (Å²) in [6.45, 7) is 2.89. The van der Waals surface area contributed by atoms with Crippen LogP contribution in [0.15, 0.2) is 12.4 Å². The van der Waals surface area contributed by atoms with Gasteiger partial charge in [-0.1, -0.05) is 0 Å². The zero-order valence-corrected chi connectivity index (χ0v) is 10.2. The molecule has 3 heteroatoms. The molecule has 0 radical (unpaired) electrons. The number of aryl methyl sites for hydroxylation is 1. The third-order valence-corrected chi connectivity index (χ3v) is 5.28. The summed E-state index contributed by atoms with van der Waals surface area (Å²) in [5.41, 5.74) is 0.839. The van der Waals surface area contributed by atoms with E-state index in [4.69, 9.17) is 0 Å². The second-order valence-corrected chi connectivity index (χ2v) is 5.96. The lowest BCUT2D eigenvalue weighted by Crippen LogP contribution is -2.09. The molecule has 1 aromatic heterocycles. The molecule has 0 amide bonds. The predicted molar refractivity (Wildman–Crippen MR) is 63.5 cm³/mol. The van der Waals surface area contributed by atoms with E-state index < -0.39 is 0 Å². The van der Waals surface area contributed by atoms with Crippen molar-refractivity contribution in [1.29, 1.82) is 0 Å². The number of hydrogen-bond donors (Lipinski definition) is 0. The molecule has 0 saturated heterocycles. The number of ketones is 1. The Hall–Kier alpha value is -1.12. The van der Waals surface area contributed by atoms with Crippen molar-refractivity contribution in [1.82, 2.24) is 9.78 Å². The van der Waals surface area contributed by atoms with Crippen LogP contribution in [0.1, 0.15) is 36.5 Å². The fourth-order valence-electron chi connectivity index (χ4n) is 4.53. The molecule has 0 aliphatic heterocycles. The summed E-state index contributed by atoms with van der Waals surface area (Å²) in [5, 5.41) is 4.21. The van der Waals surface area contributed by atoms with E-state index in [-0.39, 0.29) is 0 Å². The zero-order chi connectivity index (χ0) is 11.6. The molecule has 3 aliphatic carbocycles. The normalized spacial score (nSPS) is 41.6. The van der Waals surface area contributed by atoms with Gasteiger partial charge in [-0.15, -0.1) is 0 Å². The first-order chi connectivity index (χ1) is 8.29. The van der Waals surface area contributed by atoms with Crippen molar-refractivity contribution in [3.05, 3.63) is 18.0 Å². The van der Waals surface area contributed by atoms with Gasteiger partial charge in [-0.2, -0.15) is 5.10 Å². The van der Waals surface area contributed by atoms with Crippen LogP contribution in [0.2, 0.25) is 0 Å². The highest BCUT2D eigenvalue weighted by atomic mass is 16.1. The van der Waals surface area contributed by atoms with Crippen LogP contribution in [-0.2, 0) is 6.54 Å². The summed E-state index contributed by atoms with van der Waals surface area (Å²) in [5.74, 6) is 3.96. The first kappa shape index (κ1) is 9.86. The van der Waals surface area contributed by atoms with E-state index in [2.05, 4.69) is 5.10 Å². The number of fused-ring (bicyclic) bond motifs is 5. The number of carbonyl (C=O) groups is 1. The molecule has 0 spiro atoms. The third kappa shape index (κ3) is 1.23. The Morgan fingerprint density at radius 2 is 2.12 bits per heavy atom. The average Bonchev–Trinajstić information content (AvgIpc) is 2.79. The minimum absolute atomic E-state index is 0.357. The van der Waals surface area contributed by atoms with Crippen LogP contribution >= 0.6 is 0 Å². The summed E-state index contributed by atoms with van der Waals surface area (Å²) < 4.78 is 1.85. The Kier molecular flexibility index (Phi) is 1.86. The Labute approximate surface area is 101 Å². The quantitative estimate of drug-likeness (QED) is 0.747. The lowest BCUT2D eigenvalue weighted by atomic mass is 9.98. The van der Waals surface area contributed by atoms with Gasteiger partial charge in [0.25, 0.3) is 0 Å². The topological polar surface area (TPSA) is 34.9 Å². The molecule has 1 aromatic rings. The van der Waals surface area contributed by atoms with E-state index in [1.165, 1.54) is 19.3 Å². The summed E-state index contributed by atoms with van der Waals surface area (Å²) >= 11 is 0. The molecule has 1 heterocycles. The van der Waals surface area contributed by atoms with E-state index in [1.54, 1.807) is 6.20 Å². The highest BCUT2D eigenvalue weighted by molar-refractivity contribution is 5.99. The number of aromatic nitrogens is 2. The molecular weight excluding hydrogens is 212 g/mol. The maximum atomic E-state index is 12.4. The lowest BCUT2D eigenvalue weighted by Gasteiger charge is -2.06. The van der Waals surface area contributed by atoms with Crippen molar-refractivity contribution in [2.45, 2.75) is 32.7 Å². The summed E-state index contributed by atoms with van der Waals surface area (Å²) in [6, 6.07) is 0. The standard InChI is InChI=1S/C14H18N2O/c1-2-16-7-10(6-15-16)14(17)13-11-8-3-4-9(5-8)12(11)13/h6-9,11-13H,2-5H2,1H3. The van der Waals surface area contributed by atoms with Gasteiger partial charge >= 0.3 is 0 Å². The van der Waals surface area contributed by atoms with Gasteiger partial charge in [0.1, 0.15) is 0 Å². The molecule has 4 unspecified atom stereocenters. The molecule has 3 saturated carbocycles. The van der Waals surface area contributed by atoms with Crippen molar-refractivity contribution in [3.8, 4) is 0 Å². The second kappa shape index (κ2) is 3.21. The van der Waals surface area contributed by atoms with Crippen LogP contribution in [0.4, 0.5) is 0 Å². The molecular formula is C14H18N2O. The summed E-state index contributed by atoms with van der Waals surface area (Å²) in [4.78, 5) is 12.4. The van der Waals surface area contributed by atoms with E-state index in [9.17, 15) is 4.79 Å². The van der Waals surface area contributed by atoms with Crippen LogP contribution in [0.3, 0.4) is 0 Å². The van der Waals surface area contributed by atoms with Crippen molar-refractivity contribution in [2.24, 2.45) is 29.6 Å². The second-order valence-electron chi connectivity index (χ2n) is 5.96. The van der Waals surface area contributed by atoms with Crippen molar-refractivity contribution < 1.29 is 4.79 Å². The summed E-state index contributed by atoms with van der Waals surface area (Å²) in [7, 11) is 0. The summed E-state index contributed by atoms with van der Waals surface area (Å²) in [6.07, 6.45) is 7.83. The van der Waals surface area contributed by atoms with E-state index in [1.807, 2.05) is 17.8 Å². The maximum absolute atomic E-state index is 12.4. The molecule has 3 nitrogen and oxygen atoms in total. The lowest BCUT2D eigenvalue weighted by molar-refractivity contribution is 0.0944. The number of nitrogens with zero attached hydrogens (tertiary/aromatic N) is 2. The van der Waals surface area contributed by atoms with E-state index in [0.29, 0.717) is 11.7 Å². The van der Waals surface area contributed by atoms with Gasteiger partial charge in [0.05, 0.1) is 11.8 Å². The number of Topliss-reactive ketones (excluding diaryl/α,β-unsaturated/α-hetero) is 1. The fourth-order valence-corrected chi connectivity index (χ4v) is 4.53. The Morgan fingerprint density at radius 1 is 1.41 bits per heavy atom. The Morgan fingerprint density at radius 3 is 2.71 bits per heavy atom. The molecule has 4 rings (SSSR count). The van der Waals surface area contributed by atoms with Gasteiger partial charge in [0, 0.05) is 18.7 Å². The van der Waals surface area contributed by atoms with E-state index >= 15 is 0 Å². The maximum Gasteiger partial charge on any atom is 0.169 e. The first-order valence-electron chi connectivity index (χ1n) is 6.86. The average molecular weight is 230 g/mol. The fraction of sp³-hybridized carbons (Fsp3) is 0.714. The van der Waals surface area contributed by atoms with Gasteiger partial charge in [-0.3, -0.25) is 9.48 Å². The third-order valence-electron chi connectivity index (χ3n) is 5.28. The highest BCUT2D eigenvalue weighted by Gasteiger charge is 2.67. The van der Waals surface area contributed by atoms with Crippen LogP contribution in [0, 0.1) is 29.6 Å². The highest BCUT2D eigenvalue weighted by Crippen LogP contribution is 2.69. The van der Waals surface area contributed by atoms with Crippen molar-refractivity contribution in [3.63, 3.8) is 0 Å². The Bertz CT molecular complexity index is 462. The van der Waals surface area contributed by atoms with Crippen LogP contribution in [0.5, 0.6) is 0 Å². The first-order valence-corrected chi connectivity index (χ1v) is 6.86. The zero-order valence-electron chi connectivity index (χ0n) is 10.2. The minimum atomic E-state index is 0.357. The monoisotopic (exact) mass is 230 g/mol. The van der Waals surface area contributed by atoms with Crippen molar-refractivity contribution >= 4 is 5.78 Å². The van der Waals surface area contributed by atoms with Crippen molar-refractivity contribution in [2.75, 3.05) is 0 Å². The predicted octanol–water partition coefficient (Wildman–Crippen LogP) is 2.38. The Balaban J connectivity index is 1.55. The number of carbonyl (C=O) groups excluding carboxylic acids is 1. The minimum Gasteiger partial charge on any atom is -0.294 e. The number of rotatable bonds is 3. The van der Waals surface area contributed by atoms with Gasteiger partial charge in [0.15, 0.2) is 5.78 Å². The van der Waals surface area contributed by atoms with Crippen LogP contribution in [0.25, 0.3) is 0 Å². The van der Waals surface area contributed by atoms with Gasteiger partial charge in [-0.05, 0) is 49.9 Å². The molecule has 0 aromatic carbocycles. The largest absolute Gasteiger partial charge is 0.294 e.